The van der Waals surface area contributed by atoms with E-state index < -0.39 is 5.97 Å². The molecule has 1 N–H and O–H groups in total. The van der Waals surface area contributed by atoms with Crippen molar-refractivity contribution >= 4 is 11.9 Å². The largest absolute Gasteiger partial charge is 0.497 e. The number of nitrogens with one attached hydrogen (secondary N) is 1. The van der Waals surface area contributed by atoms with Crippen molar-refractivity contribution in [3.05, 3.63) is 60.2 Å². The van der Waals surface area contributed by atoms with Crippen LogP contribution in [0.1, 0.15) is 10.4 Å². The van der Waals surface area contributed by atoms with Crippen LogP contribution >= 0.6 is 0 Å². The van der Waals surface area contributed by atoms with Crippen molar-refractivity contribution in [2.75, 3.05) is 13.7 Å². The number of methoxy groups -OCH3 is 1. The minimum atomic E-state index is -0.538. The summed E-state index contributed by atoms with van der Waals surface area (Å²) in [7, 11) is 1.56. The summed E-state index contributed by atoms with van der Waals surface area (Å²) < 4.78 is 10.1. The Bertz CT molecular complexity index is 608. The second-order valence-electron chi connectivity index (χ2n) is 4.20. The van der Waals surface area contributed by atoms with E-state index in [9.17, 15) is 9.59 Å². The van der Waals surface area contributed by atoms with Crippen LogP contribution in [0.25, 0.3) is 0 Å². The fourth-order valence-electron chi connectivity index (χ4n) is 1.66. The molecule has 0 bridgehead atoms. The number of hydrogen-bond acceptors (Lipinski definition) is 4. The molecule has 0 saturated heterocycles. The maximum atomic E-state index is 11.7. The maximum Gasteiger partial charge on any atom is 0.330 e. The van der Waals surface area contributed by atoms with Gasteiger partial charge in [0, 0.05) is 5.56 Å². The Kier molecular flexibility index (Phi) is 4.93. The summed E-state index contributed by atoms with van der Waals surface area (Å²) in [5.41, 5.74) is 0.495. The molecule has 108 valence electrons. The van der Waals surface area contributed by atoms with Gasteiger partial charge in [0.25, 0.3) is 5.91 Å². The Morgan fingerprint density at radius 3 is 2.19 bits per heavy atom. The lowest BCUT2D eigenvalue weighted by Crippen LogP contribution is -2.31. The molecule has 0 aliphatic rings. The van der Waals surface area contributed by atoms with Crippen molar-refractivity contribution in [1.29, 1.82) is 0 Å². The molecule has 1 amide bonds. The summed E-state index contributed by atoms with van der Waals surface area (Å²) in [6.07, 6.45) is 0. The average molecular weight is 285 g/mol. The normalized spacial score (nSPS) is 9.76. The number of carbonyl (C=O) groups is 2. The van der Waals surface area contributed by atoms with E-state index in [-0.39, 0.29) is 12.5 Å². The maximum absolute atomic E-state index is 11.7. The van der Waals surface area contributed by atoms with Crippen molar-refractivity contribution in [3.8, 4) is 11.5 Å². The predicted molar refractivity (Wildman–Crippen MR) is 77.4 cm³/mol. The lowest BCUT2D eigenvalue weighted by molar-refractivity contribution is -0.133. The van der Waals surface area contributed by atoms with Crippen LogP contribution in [-0.2, 0) is 4.79 Å². The Labute approximate surface area is 122 Å². The first kappa shape index (κ1) is 14.6. The molecule has 0 aliphatic heterocycles. The van der Waals surface area contributed by atoms with Gasteiger partial charge in [0.05, 0.1) is 7.11 Å². The summed E-state index contributed by atoms with van der Waals surface area (Å²) >= 11 is 0. The highest BCUT2D eigenvalue weighted by Crippen LogP contribution is 2.16. The first-order valence-corrected chi connectivity index (χ1v) is 6.37. The van der Waals surface area contributed by atoms with Crippen molar-refractivity contribution in [3.63, 3.8) is 0 Å². The van der Waals surface area contributed by atoms with E-state index in [0.29, 0.717) is 17.1 Å². The zero-order valence-electron chi connectivity index (χ0n) is 11.5. The third kappa shape index (κ3) is 4.35. The van der Waals surface area contributed by atoms with E-state index in [1.54, 1.807) is 55.6 Å². The number of carbonyl (C=O) groups excluding carboxylic acids is 2. The van der Waals surface area contributed by atoms with Crippen LogP contribution < -0.4 is 14.8 Å². The zero-order valence-corrected chi connectivity index (χ0v) is 11.5. The molecule has 0 unspecified atom stereocenters. The molecule has 21 heavy (non-hydrogen) atoms. The Hall–Kier alpha value is -2.82. The summed E-state index contributed by atoms with van der Waals surface area (Å²) in [6, 6.07) is 15.3. The molecule has 0 aliphatic carbocycles. The number of ether oxygens (including phenoxy) is 2. The zero-order chi connectivity index (χ0) is 15.1. The molecule has 2 aromatic carbocycles. The van der Waals surface area contributed by atoms with Gasteiger partial charge in [-0.25, -0.2) is 4.79 Å². The molecule has 5 heteroatoms. The molecule has 0 saturated carbocycles. The van der Waals surface area contributed by atoms with Gasteiger partial charge in [-0.1, -0.05) is 18.2 Å². The summed E-state index contributed by atoms with van der Waals surface area (Å²) in [4.78, 5) is 23.4. The standard InChI is InChI=1S/C16H15NO4/c1-20-13-7-9-14(10-8-13)21-15(18)11-17-16(19)12-5-3-2-4-6-12/h2-10H,11H2,1H3,(H,17,19). The van der Waals surface area contributed by atoms with Crippen LogP contribution in [0.15, 0.2) is 54.6 Å². The van der Waals surface area contributed by atoms with E-state index in [1.807, 2.05) is 6.07 Å². The molecule has 0 spiro atoms. The van der Waals surface area contributed by atoms with Gasteiger partial charge in [-0.2, -0.15) is 0 Å². The van der Waals surface area contributed by atoms with Crippen molar-refractivity contribution in [1.82, 2.24) is 5.32 Å². The molecule has 2 aromatic rings. The van der Waals surface area contributed by atoms with E-state index in [0.717, 1.165) is 0 Å². The second kappa shape index (κ2) is 7.09. The molecule has 0 radical (unpaired) electrons. The summed E-state index contributed by atoms with van der Waals surface area (Å²) in [6.45, 7) is -0.195. The van der Waals surface area contributed by atoms with E-state index >= 15 is 0 Å². The minimum absolute atomic E-state index is 0.195. The molecule has 0 aromatic heterocycles. The lowest BCUT2D eigenvalue weighted by atomic mass is 10.2. The molecule has 5 nitrogen and oxygen atoms in total. The van der Waals surface area contributed by atoms with Crippen molar-refractivity contribution in [2.24, 2.45) is 0 Å². The third-order valence-corrected chi connectivity index (χ3v) is 2.72. The van der Waals surface area contributed by atoms with E-state index in [2.05, 4.69) is 5.32 Å². The predicted octanol–water partition coefficient (Wildman–Crippen LogP) is 2.03. The topological polar surface area (TPSA) is 64.6 Å². The van der Waals surface area contributed by atoms with Crippen molar-refractivity contribution in [2.45, 2.75) is 0 Å². The fourth-order valence-corrected chi connectivity index (χ4v) is 1.66. The second-order valence-corrected chi connectivity index (χ2v) is 4.20. The van der Waals surface area contributed by atoms with Gasteiger partial charge in [0.2, 0.25) is 0 Å². The average Bonchev–Trinajstić information content (AvgIpc) is 2.54. The van der Waals surface area contributed by atoms with Crippen LogP contribution in [0, 0.1) is 0 Å². The van der Waals surface area contributed by atoms with Gasteiger partial charge >= 0.3 is 5.97 Å². The fraction of sp³-hybridized carbons (Fsp3) is 0.125. The van der Waals surface area contributed by atoms with E-state index in [1.165, 1.54) is 0 Å². The number of amides is 1. The van der Waals surface area contributed by atoms with Crippen LogP contribution in [-0.4, -0.2) is 25.5 Å². The first-order chi connectivity index (χ1) is 10.2. The SMILES string of the molecule is COc1ccc(OC(=O)CNC(=O)c2ccccc2)cc1. The Morgan fingerprint density at radius 1 is 0.952 bits per heavy atom. The van der Waals surface area contributed by atoms with Gasteiger partial charge in [-0.15, -0.1) is 0 Å². The van der Waals surface area contributed by atoms with Gasteiger partial charge < -0.3 is 14.8 Å². The number of benzene rings is 2. The number of hydrogen-bond donors (Lipinski definition) is 1. The highest BCUT2D eigenvalue weighted by molar-refractivity contribution is 5.95. The molecule has 0 fully saturated rings. The summed E-state index contributed by atoms with van der Waals surface area (Å²) in [5, 5.41) is 2.50. The molecule has 0 atom stereocenters. The summed E-state index contributed by atoms with van der Waals surface area (Å²) in [5.74, 6) is 0.216. The third-order valence-electron chi connectivity index (χ3n) is 2.72. The highest BCUT2D eigenvalue weighted by atomic mass is 16.5. The number of rotatable bonds is 5. The number of esters is 1. The van der Waals surface area contributed by atoms with Gasteiger partial charge in [0.15, 0.2) is 0 Å². The van der Waals surface area contributed by atoms with Gasteiger partial charge in [0.1, 0.15) is 18.0 Å². The first-order valence-electron chi connectivity index (χ1n) is 6.37. The quantitative estimate of drug-likeness (QED) is 0.674. The van der Waals surface area contributed by atoms with Gasteiger partial charge in [-0.3, -0.25) is 4.79 Å². The van der Waals surface area contributed by atoms with E-state index in [4.69, 9.17) is 9.47 Å². The lowest BCUT2D eigenvalue weighted by Gasteiger charge is -2.07. The van der Waals surface area contributed by atoms with Crippen LogP contribution in [0.5, 0.6) is 11.5 Å². The minimum Gasteiger partial charge on any atom is -0.497 e. The van der Waals surface area contributed by atoms with Crippen LogP contribution in [0.3, 0.4) is 0 Å². The smallest absolute Gasteiger partial charge is 0.330 e. The van der Waals surface area contributed by atoms with Crippen LogP contribution in [0.4, 0.5) is 0 Å². The Morgan fingerprint density at radius 2 is 1.57 bits per heavy atom. The van der Waals surface area contributed by atoms with Crippen LogP contribution in [0.2, 0.25) is 0 Å². The Balaban J connectivity index is 1.83. The van der Waals surface area contributed by atoms with Gasteiger partial charge in [-0.05, 0) is 36.4 Å². The molecule has 0 heterocycles. The van der Waals surface area contributed by atoms with Crippen molar-refractivity contribution < 1.29 is 19.1 Å². The molecule has 2 rings (SSSR count). The highest BCUT2D eigenvalue weighted by Gasteiger charge is 2.09. The molecular weight excluding hydrogens is 270 g/mol. The monoisotopic (exact) mass is 285 g/mol. The molecular formula is C16H15NO4.